The lowest BCUT2D eigenvalue weighted by molar-refractivity contribution is 0.211. The van der Waals surface area contributed by atoms with Crippen LogP contribution >= 0.6 is 38.9 Å². The van der Waals surface area contributed by atoms with Gasteiger partial charge in [0.25, 0.3) is 0 Å². The van der Waals surface area contributed by atoms with E-state index in [0.717, 1.165) is 51.8 Å². The van der Waals surface area contributed by atoms with Crippen molar-refractivity contribution in [3.8, 4) is 5.88 Å². The number of aromatic hydroxyl groups is 1. The monoisotopic (exact) mass is 517 g/mol. The number of fused-ring (bicyclic) bond motifs is 1. The predicted octanol–water partition coefficient (Wildman–Crippen LogP) is 5.13. The third kappa shape index (κ3) is 4.05. The van der Waals surface area contributed by atoms with Gasteiger partial charge in [0.05, 0.1) is 10.9 Å². The molecule has 0 radical (unpaired) electrons. The van der Waals surface area contributed by atoms with Gasteiger partial charge in [-0.3, -0.25) is 4.90 Å². The normalized spacial score (nSPS) is 16.2. The molecule has 4 aromatic rings. The summed E-state index contributed by atoms with van der Waals surface area (Å²) in [4.78, 5) is 10.8. The van der Waals surface area contributed by atoms with Gasteiger partial charge in [-0.15, -0.1) is 5.10 Å². The Morgan fingerprint density at radius 1 is 1.10 bits per heavy atom. The maximum atomic E-state index is 11.0. The number of hydrogen-bond acceptors (Lipinski definition) is 6. The topological polar surface area (TPSA) is 56.9 Å². The molecular weight excluding hydrogens is 498 g/mol. The zero-order chi connectivity index (χ0) is 21.5. The van der Waals surface area contributed by atoms with Gasteiger partial charge in [-0.1, -0.05) is 57.1 Å². The zero-order valence-electron chi connectivity index (χ0n) is 16.9. The lowest BCUT2D eigenvalue weighted by atomic mass is 10.0. The maximum Gasteiger partial charge on any atom is 0.230 e. The van der Waals surface area contributed by atoms with Crippen LogP contribution in [0.4, 0.5) is 5.69 Å². The molecule has 1 N–H and O–H groups in total. The van der Waals surface area contributed by atoms with E-state index in [1.165, 1.54) is 11.3 Å². The first kappa shape index (κ1) is 20.8. The minimum Gasteiger partial charge on any atom is -0.492 e. The fraction of sp³-hybridized carbons (Fsp3) is 0.273. The van der Waals surface area contributed by atoms with E-state index in [4.69, 9.17) is 11.6 Å². The first-order valence-electron chi connectivity index (χ1n) is 10.0. The number of aromatic nitrogens is 3. The van der Waals surface area contributed by atoms with Gasteiger partial charge in [0.1, 0.15) is 5.82 Å². The molecule has 2 aromatic carbocycles. The van der Waals surface area contributed by atoms with Crippen LogP contribution in [0.1, 0.15) is 22.3 Å². The number of aryl methyl sites for hydroxylation is 1. The minimum atomic E-state index is -0.0761. The largest absolute Gasteiger partial charge is 0.492 e. The number of hydrogen-bond donors (Lipinski definition) is 1. The van der Waals surface area contributed by atoms with Gasteiger partial charge in [-0.05, 0) is 42.8 Å². The maximum absolute atomic E-state index is 11.0. The number of anilines is 1. The minimum absolute atomic E-state index is 0.0761. The van der Waals surface area contributed by atoms with Gasteiger partial charge >= 0.3 is 0 Å². The average molecular weight is 519 g/mol. The Morgan fingerprint density at radius 2 is 1.87 bits per heavy atom. The van der Waals surface area contributed by atoms with Crippen LogP contribution in [-0.4, -0.2) is 50.8 Å². The molecule has 1 saturated heterocycles. The number of nitrogens with zero attached hydrogens (tertiary/aromatic N) is 5. The van der Waals surface area contributed by atoms with Gasteiger partial charge in [0.15, 0.2) is 0 Å². The van der Waals surface area contributed by atoms with Crippen molar-refractivity contribution < 1.29 is 5.11 Å². The highest BCUT2D eigenvalue weighted by Gasteiger charge is 2.31. The smallest absolute Gasteiger partial charge is 0.230 e. The molecule has 31 heavy (non-hydrogen) atoms. The van der Waals surface area contributed by atoms with Crippen LogP contribution in [0.5, 0.6) is 5.88 Å². The highest BCUT2D eigenvalue weighted by Crippen LogP contribution is 2.41. The van der Waals surface area contributed by atoms with Crippen LogP contribution in [0.2, 0.25) is 5.02 Å². The molecule has 2 aromatic heterocycles. The SMILES string of the molecule is Cc1nc2sc(C(c3cccc(Br)c3)N3CCN(c4cccc(Cl)c4)CC3)c(O)n2n1. The van der Waals surface area contributed by atoms with Crippen LogP contribution in [0.25, 0.3) is 4.96 Å². The summed E-state index contributed by atoms with van der Waals surface area (Å²) in [6.45, 7) is 5.31. The summed E-state index contributed by atoms with van der Waals surface area (Å²) in [5.74, 6) is 0.824. The summed E-state index contributed by atoms with van der Waals surface area (Å²) < 4.78 is 2.56. The molecule has 160 valence electrons. The van der Waals surface area contributed by atoms with Crippen molar-refractivity contribution >= 4 is 49.5 Å². The van der Waals surface area contributed by atoms with Gasteiger partial charge in [-0.2, -0.15) is 4.52 Å². The van der Waals surface area contributed by atoms with Crippen molar-refractivity contribution in [1.29, 1.82) is 0 Å². The van der Waals surface area contributed by atoms with Crippen LogP contribution in [0, 0.1) is 6.92 Å². The van der Waals surface area contributed by atoms with Gasteiger partial charge in [0, 0.05) is 41.4 Å². The number of piperazine rings is 1. The molecule has 1 fully saturated rings. The molecule has 0 bridgehead atoms. The van der Waals surface area contributed by atoms with Crippen molar-refractivity contribution in [3.05, 3.63) is 74.3 Å². The molecule has 0 spiro atoms. The van der Waals surface area contributed by atoms with Crippen LogP contribution in [-0.2, 0) is 0 Å². The third-order valence-corrected chi connectivity index (χ3v) is 7.37. The summed E-state index contributed by atoms with van der Waals surface area (Å²) in [5, 5.41) is 16.1. The zero-order valence-corrected chi connectivity index (χ0v) is 20.0. The lowest BCUT2D eigenvalue weighted by Crippen LogP contribution is -2.47. The Morgan fingerprint density at radius 3 is 2.58 bits per heavy atom. The van der Waals surface area contributed by atoms with Crippen LogP contribution in [0.15, 0.2) is 53.0 Å². The van der Waals surface area contributed by atoms with E-state index < -0.39 is 0 Å². The second kappa shape index (κ2) is 8.43. The molecule has 0 saturated carbocycles. The summed E-state index contributed by atoms with van der Waals surface area (Å²) in [7, 11) is 0. The Kier molecular flexibility index (Phi) is 5.64. The van der Waals surface area contributed by atoms with Crippen LogP contribution < -0.4 is 4.90 Å². The summed E-state index contributed by atoms with van der Waals surface area (Å²) in [6, 6.07) is 16.2. The molecule has 3 heterocycles. The second-order valence-electron chi connectivity index (χ2n) is 7.60. The van der Waals surface area contributed by atoms with Crippen molar-refractivity contribution in [1.82, 2.24) is 19.5 Å². The molecular formula is C22H21BrClN5OS. The van der Waals surface area contributed by atoms with E-state index in [-0.39, 0.29) is 11.9 Å². The molecule has 1 aliphatic heterocycles. The third-order valence-electron chi connectivity index (χ3n) is 5.57. The van der Waals surface area contributed by atoms with Crippen molar-refractivity contribution in [2.24, 2.45) is 0 Å². The predicted molar refractivity (Wildman–Crippen MR) is 128 cm³/mol. The van der Waals surface area contributed by atoms with E-state index in [1.54, 1.807) is 4.52 Å². The Labute approximate surface area is 197 Å². The first-order chi connectivity index (χ1) is 15.0. The summed E-state index contributed by atoms with van der Waals surface area (Å²) in [5.41, 5.74) is 2.27. The Bertz CT molecular complexity index is 1230. The van der Waals surface area contributed by atoms with Crippen LogP contribution in [0.3, 0.4) is 0 Å². The fourth-order valence-corrected chi connectivity index (χ4v) is 5.91. The second-order valence-corrected chi connectivity index (χ2v) is 9.96. The van der Waals surface area contributed by atoms with E-state index in [0.29, 0.717) is 10.8 Å². The van der Waals surface area contributed by atoms with Gasteiger partial charge < -0.3 is 10.0 Å². The molecule has 1 atom stereocenters. The summed E-state index contributed by atoms with van der Waals surface area (Å²) in [6.07, 6.45) is 0. The quantitative estimate of drug-likeness (QED) is 0.406. The van der Waals surface area contributed by atoms with Gasteiger partial charge in [0.2, 0.25) is 10.8 Å². The molecule has 9 heteroatoms. The Hall–Kier alpha value is -2.13. The number of thiazole rings is 1. The molecule has 0 amide bonds. The molecule has 0 aliphatic carbocycles. The molecule has 1 aliphatic rings. The number of rotatable bonds is 4. The van der Waals surface area contributed by atoms with Crippen molar-refractivity contribution in [2.45, 2.75) is 13.0 Å². The Balaban J connectivity index is 1.48. The highest BCUT2D eigenvalue weighted by atomic mass is 79.9. The van der Waals surface area contributed by atoms with E-state index in [1.807, 2.05) is 37.3 Å². The standard InChI is InChI=1S/C22H21BrClN5OS/c1-14-25-22-29(26-14)21(30)20(31-22)19(15-4-2-5-16(23)12-15)28-10-8-27(9-11-28)18-7-3-6-17(24)13-18/h2-7,12-13,19,30H,8-11H2,1H3. The lowest BCUT2D eigenvalue weighted by Gasteiger charge is -2.40. The number of halogens is 2. The fourth-order valence-electron chi connectivity index (χ4n) is 4.14. The molecule has 1 unspecified atom stereocenters. The first-order valence-corrected chi connectivity index (χ1v) is 12.0. The van der Waals surface area contributed by atoms with Crippen molar-refractivity contribution in [2.75, 3.05) is 31.1 Å². The average Bonchev–Trinajstić information content (AvgIpc) is 3.26. The highest BCUT2D eigenvalue weighted by molar-refractivity contribution is 9.10. The van der Waals surface area contributed by atoms with Gasteiger partial charge in [-0.25, -0.2) is 4.98 Å². The molecule has 5 rings (SSSR count). The van der Waals surface area contributed by atoms with E-state index in [9.17, 15) is 5.11 Å². The van der Waals surface area contributed by atoms with E-state index >= 15 is 0 Å². The van der Waals surface area contributed by atoms with Crippen molar-refractivity contribution in [3.63, 3.8) is 0 Å². The molecule has 6 nitrogen and oxygen atoms in total. The number of benzene rings is 2. The summed E-state index contributed by atoms with van der Waals surface area (Å²) >= 11 is 11.3. The van der Waals surface area contributed by atoms with E-state index in [2.05, 4.69) is 54.0 Å².